The molecule has 0 fully saturated rings. The van der Waals surface area contributed by atoms with Crippen molar-refractivity contribution < 1.29 is 14.5 Å². The standard InChI is InChI=1S/C16H14N2O4S/c1-11(19)17-13-5-3-7-15(9-13)23-10-16(20)12-4-2-6-14(8-12)18(21)22/h2-9H,10H2,1H3,(H,17,19). The van der Waals surface area contributed by atoms with E-state index in [1.807, 2.05) is 6.07 Å². The molecule has 2 rings (SSSR count). The van der Waals surface area contributed by atoms with Gasteiger partial charge in [-0.25, -0.2) is 0 Å². The number of non-ortho nitro benzene ring substituents is 1. The van der Waals surface area contributed by atoms with Crippen molar-refractivity contribution in [1.82, 2.24) is 0 Å². The van der Waals surface area contributed by atoms with Crippen LogP contribution < -0.4 is 5.32 Å². The molecular formula is C16H14N2O4S. The van der Waals surface area contributed by atoms with E-state index in [1.54, 1.807) is 24.3 Å². The van der Waals surface area contributed by atoms with E-state index in [9.17, 15) is 19.7 Å². The van der Waals surface area contributed by atoms with E-state index in [2.05, 4.69) is 5.32 Å². The topological polar surface area (TPSA) is 89.3 Å². The van der Waals surface area contributed by atoms with Crippen LogP contribution in [0.3, 0.4) is 0 Å². The van der Waals surface area contributed by atoms with Crippen LogP contribution >= 0.6 is 11.8 Å². The van der Waals surface area contributed by atoms with Gasteiger partial charge in [-0.2, -0.15) is 0 Å². The molecule has 2 aromatic rings. The Morgan fingerprint density at radius 1 is 1.17 bits per heavy atom. The van der Waals surface area contributed by atoms with Crippen LogP contribution in [-0.2, 0) is 4.79 Å². The summed E-state index contributed by atoms with van der Waals surface area (Å²) in [7, 11) is 0. The molecule has 0 unspecified atom stereocenters. The molecule has 0 aliphatic carbocycles. The van der Waals surface area contributed by atoms with Crippen LogP contribution in [0.1, 0.15) is 17.3 Å². The maximum atomic E-state index is 12.1. The third-order valence-electron chi connectivity index (χ3n) is 2.90. The fraction of sp³-hybridized carbons (Fsp3) is 0.125. The summed E-state index contributed by atoms with van der Waals surface area (Å²) in [6, 6.07) is 12.8. The number of nitro benzene ring substituents is 1. The van der Waals surface area contributed by atoms with Gasteiger partial charge < -0.3 is 5.32 Å². The number of nitro groups is 1. The third kappa shape index (κ3) is 4.93. The summed E-state index contributed by atoms with van der Waals surface area (Å²) in [6.07, 6.45) is 0. The predicted octanol–water partition coefficient (Wildman–Crippen LogP) is 3.53. The molecule has 0 aromatic heterocycles. The lowest BCUT2D eigenvalue weighted by molar-refractivity contribution is -0.384. The second-order valence-corrected chi connectivity index (χ2v) is 5.78. The van der Waals surface area contributed by atoms with Gasteiger partial charge in [-0.1, -0.05) is 18.2 Å². The van der Waals surface area contributed by atoms with E-state index in [1.165, 1.54) is 36.9 Å². The van der Waals surface area contributed by atoms with Crippen molar-refractivity contribution in [2.75, 3.05) is 11.1 Å². The van der Waals surface area contributed by atoms with Crippen LogP contribution in [-0.4, -0.2) is 22.4 Å². The van der Waals surface area contributed by atoms with Crippen molar-refractivity contribution in [3.05, 3.63) is 64.2 Å². The third-order valence-corrected chi connectivity index (χ3v) is 3.90. The van der Waals surface area contributed by atoms with E-state index in [0.29, 0.717) is 11.3 Å². The lowest BCUT2D eigenvalue weighted by Crippen LogP contribution is -2.06. The molecule has 7 heteroatoms. The summed E-state index contributed by atoms with van der Waals surface area (Å²) >= 11 is 1.31. The first-order valence-electron chi connectivity index (χ1n) is 6.74. The zero-order valence-electron chi connectivity index (χ0n) is 12.3. The Kier molecular flexibility index (Phi) is 5.48. The lowest BCUT2D eigenvalue weighted by Gasteiger charge is -2.05. The molecule has 0 aliphatic heterocycles. The first-order chi connectivity index (χ1) is 11.0. The van der Waals surface area contributed by atoms with Gasteiger partial charge in [-0.15, -0.1) is 11.8 Å². The van der Waals surface area contributed by atoms with Crippen LogP contribution in [0, 0.1) is 10.1 Å². The predicted molar refractivity (Wildman–Crippen MR) is 88.9 cm³/mol. The average Bonchev–Trinajstić information content (AvgIpc) is 2.52. The molecule has 1 amide bonds. The highest BCUT2D eigenvalue weighted by Crippen LogP contribution is 2.23. The highest BCUT2D eigenvalue weighted by Gasteiger charge is 2.12. The fourth-order valence-electron chi connectivity index (χ4n) is 1.89. The van der Waals surface area contributed by atoms with E-state index < -0.39 is 4.92 Å². The van der Waals surface area contributed by atoms with Crippen LogP contribution in [0.2, 0.25) is 0 Å². The van der Waals surface area contributed by atoms with Gasteiger partial charge in [0.05, 0.1) is 10.7 Å². The van der Waals surface area contributed by atoms with E-state index in [0.717, 1.165) is 4.90 Å². The first kappa shape index (κ1) is 16.7. The molecule has 0 radical (unpaired) electrons. The molecule has 2 aromatic carbocycles. The second-order valence-electron chi connectivity index (χ2n) is 4.73. The van der Waals surface area contributed by atoms with Gasteiger partial charge in [0.15, 0.2) is 5.78 Å². The number of benzene rings is 2. The molecule has 23 heavy (non-hydrogen) atoms. The molecule has 118 valence electrons. The number of carbonyl (C=O) groups is 2. The second kappa shape index (κ2) is 7.55. The molecule has 6 nitrogen and oxygen atoms in total. The Hall–Kier alpha value is -2.67. The summed E-state index contributed by atoms with van der Waals surface area (Å²) in [4.78, 5) is 34.2. The number of Topliss-reactive ketones (excluding diaryl/α,β-unsaturated/α-hetero) is 1. The largest absolute Gasteiger partial charge is 0.326 e. The van der Waals surface area contributed by atoms with Crippen molar-refractivity contribution in [1.29, 1.82) is 0 Å². The molecule has 0 aliphatic rings. The minimum atomic E-state index is -0.527. The molecule has 0 saturated carbocycles. The number of hydrogen-bond acceptors (Lipinski definition) is 5. The Balaban J connectivity index is 2.03. The van der Waals surface area contributed by atoms with Crippen molar-refractivity contribution >= 4 is 34.8 Å². The Morgan fingerprint density at radius 2 is 1.91 bits per heavy atom. The van der Waals surface area contributed by atoms with E-state index in [4.69, 9.17) is 0 Å². The highest BCUT2D eigenvalue weighted by atomic mass is 32.2. The monoisotopic (exact) mass is 330 g/mol. The highest BCUT2D eigenvalue weighted by molar-refractivity contribution is 8.00. The number of hydrogen-bond donors (Lipinski definition) is 1. The maximum Gasteiger partial charge on any atom is 0.270 e. The number of amides is 1. The van der Waals surface area contributed by atoms with Crippen LogP contribution in [0.5, 0.6) is 0 Å². The number of rotatable bonds is 6. The normalized spacial score (nSPS) is 10.1. The van der Waals surface area contributed by atoms with E-state index in [-0.39, 0.29) is 23.1 Å². The number of carbonyl (C=O) groups excluding carboxylic acids is 2. The fourth-order valence-corrected chi connectivity index (χ4v) is 2.74. The number of anilines is 1. The zero-order valence-corrected chi connectivity index (χ0v) is 13.1. The van der Waals surface area contributed by atoms with Crippen molar-refractivity contribution in [3.8, 4) is 0 Å². The summed E-state index contributed by atoms with van der Waals surface area (Å²) < 4.78 is 0. The summed E-state index contributed by atoms with van der Waals surface area (Å²) in [5.41, 5.74) is 0.864. The van der Waals surface area contributed by atoms with Crippen molar-refractivity contribution in [2.24, 2.45) is 0 Å². The smallest absolute Gasteiger partial charge is 0.270 e. The number of nitrogens with zero attached hydrogens (tertiary/aromatic N) is 1. The Morgan fingerprint density at radius 3 is 2.61 bits per heavy atom. The first-order valence-corrected chi connectivity index (χ1v) is 7.72. The molecule has 1 N–H and O–H groups in total. The van der Waals surface area contributed by atoms with Gasteiger partial charge in [-0.3, -0.25) is 19.7 Å². The minimum Gasteiger partial charge on any atom is -0.326 e. The lowest BCUT2D eigenvalue weighted by atomic mass is 10.1. The molecule has 0 atom stereocenters. The zero-order chi connectivity index (χ0) is 16.8. The summed E-state index contributed by atoms with van der Waals surface area (Å²) in [6.45, 7) is 1.42. The Bertz CT molecular complexity index is 761. The van der Waals surface area contributed by atoms with Gasteiger partial charge in [0, 0.05) is 35.2 Å². The van der Waals surface area contributed by atoms with Gasteiger partial charge in [0.1, 0.15) is 0 Å². The minimum absolute atomic E-state index is 0.103. The SMILES string of the molecule is CC(=O)Nc1cccc(SCC(=O)c2cccc([N+](=O)[O-])c2)c1. The van der Waals surface area contributed by atoms with Gasteiger partial charge in [0.25, 0.3) is 5.69 Å². The number of nitrogens with one attached hydrogen (secondary N) is 1. The summed E-state index contributed by atoms with van der Waals surface area (Å²) in [5, 5.41) is 13.4. The van der Waals surface area contributed by atoms with Gasteiger partial charge in [-0.05, 0) is 18.2 Å². The van der Waals surface area contributed by atoms with Gasteiger partial charge >= 0.3 is 0 Å². The Labute approximate surface area is 137 Å². The summed E-state index contributed by atoms with van der Waals surface area (Å²) in [5.74, 6) is -0.200. The van der Waals surface area contributed by atoms with Crippen LogP contribution in [0.25, 0.3) is 0 Å². The van der Waals surface area contributed by atoms with Crippen molar-refractivity contribution in [3.63, 3.8) is 0 Å². The maximum absolute atomic E-state index is 12.1. The quantitative estimate of drug-likeness (QED) is 0.379. The van der Waals surface area contributed by atoms with Crippen LogP contribution in [0.15, 0.2) is 53.4 Å². The molecule has 0 heterocycles. The molecule has 0 saturated heterocycles. The molecular weight excluding hydrogens is 316 g/mol. The molecule has 0 bridgehead atoms. The number of thioether (sulfide) groups is 1. The van der Waals surface area contributed by atoms with E-state index >= 15 is 0 Å². The molecule has 0 spiro atoms. The van der Waals surface area contributed by atoms with Crippen LogP contribution in [0.4, 0.5) is 11.4 Å². The van der Waals surface area contributed by atoms with Gasteiger partial charge in [0.2, 0.25) is 5.91 Å². The average molecular weight is 330 g/mol. The number of ketones is 1. The van der Waals surface area contributed by atoms with Crippen molar-refractivity contribution in [2.45, 2.75) is 11.8 Å².